The summed E-state index contributed by atoms with van der Waals surface area (Å²) >= 11 is 0. The highest BCUT2D eigenvalue weighted by Gasteiger charge is 2.20. The molecule has 0 fully saturated rings. The normalized spacial score (nSPS) is 8.97. The minimum Gasteiger partial charge on any atom is -0.478 e. The van der Waals surface area contributed by atoms with Gasteiger partial charge in [0, 0.05) is 22.1 Å². The number of carbonyl (C=O) groups is 3. The van der Waals surface area contributed by atoms with Gasteiger partial charge < -0.3 is 30.6 Å². The Balaban J connectivity index is -0.0000000882. The van der Waals surface area contributed by atoms with Crippen LogP contribution in [0.25, 0.3) is 0 Å². The van der Waals surface area contributed by atoms with Crippen LogP contribution in [0.15, 0.2) is 48.6 Å². The van der Waals surface area contributed by atoms with Crippen LogP contribution < -0.4 is 0 Å². The molecule has 0 saturated heterocycles. The van der Waals surface area contributed by atoms with Crippen LogP contribution in [0.3, 0.4) is 0 Å². The van der Waals surface area contributed by atoms with Crippen LogP contribution in [-0.4, -0.2) is 68.4 Å². The van der Waals surface area contributed by atoms with Crippen molar-refractivity contribution in [3.8, 4) is 0 Å². The second-order valence-electron chi connectivity index (χ2n) is 6.21. The van der Waals surface area contributed by atoms with E-state index in [4.69, 9.17) is 30.6 Å². The molecule has 0 amide bonds. The molecule has 0 aliphatic heterocycles. The molecule has 0 saturated carbocycles. The standard InChI is InChI=1S/C5H12O3.3C4H6O2.C4H8/c1-5(2-6,3-7)4-8;3*1-3(2)4(5)6;1-3-4-2/h6-8H,2-4H2,1H3;3*1H2,2H3,(H,5,6);3-4H,1-2H3. The van der Waals surface area contributed by atoms with Gasteiger partial charge in [-0.15, -0.1) is 0 Å². The Morgan fingerprint density at radius 1 is 0.667 bits per heavy atom. The summed E-state index contributed by atoms with van der Waals surface area (Å²) in [7, 11) is 0. The van der Waals surface area contributed by atoms with E-state index in [9.17, 15) is 14.4 Å². The van der Waals surface area contributed by atoms with Crippen LogP contribution in [-0.2, 0) is 14.4 Å². The van der Waals surface area contributed by atoms with Crippen molar-refractivity contribution in [2.24, 2.45) is 5.41 Å². The van der Waals surface area contributed by atoms with Crippen LogP contribution in [0, 0.1) is 5.41 Å². The Labute approximate surface area is 179 Å². The average Bonchev–Trinajstić information content (AvgIpc) is 2.68. The van der Waals surface area contributed by atoms with Gasteiger partial charge in [-0.25, -0.2) is 14.4 Å². The lowest BCUT2D eigenvalue weighted by molar-refractivity contribution is -0.133. The zero-order valence-electron chi connectivity index (χ0n) is 18.8. The molecule has 0 aromatic heterocycles. The molecule has 0 aromatic carbocycles. The van der Waals surface area contributed by atoms with Gasteiger partial charge in [0.25, 0.3) is 0 Å². The highest BCUT2D eigenvalue weighted by molar-refractivity contribution is 5.85. The highest BCUT2D eigenvalue weighted by atomic mass is 16.4. The number of aliphatic carboxylic acids is 3. The van der Waals surface area contributed by atoms with Crippen molar-refractivity contribution in [3.63, 3.8) is 0 Å². The molecule has 0 radical (unpaired) electrons. The van der Waals surface area contributed by atoms with E-state index in [1.54, 1.807) is 6.92 Å². The van der Waals surface area contributed by atoms with Crippen molar-refractivity contribution < 1.29 is 45.0 Å². The van der Waals surface area contributed by atoms with Gasteiger partial charge in [-0.05, 0) is 34.6 Å². The van der Waals surface area contributed by atoms with E-state index in [-0.39, 0.29) is 36.5 Å². The van der Waals surface area contributed by atoms with Gasteiger partial charge in [-0.1, -0.05) is 38.8 Å². The summed E-state index contributed by atoms with van der Waals surface area (Å²) in [5.74, 6) is -2.81. The smallest absolute Gasteiger partial charge is 0.330 e. The van der Waals surface area contributed by atoms with E-state index < -0.39 is 23.3 Å². The molecular formula is C21H38O9. The molecule has 176 valence electrons. The van der Waals surface area contributed by atoms with E-state index >= 15 is 0 Å². The van der Waals surface area contributed by atoms with Gasteiger partial charge in [0.05, 0.1) is 19.8 Å². The molecule has 30 heavy (non-hydrogen) atoms. The number of hydrogen-bond acceptors (Lipinski definition) is 6. The first-order valence-corrected chi connectivity index (χ1v) is 8.59. The van der Waals surface area contributed by atoms with Gasteiger partial charge >= 0.3 is 17.9 Å². The zero-order valence-corrected chi connectivity index (χ0v) is 18.8. The number of carboxylic acid groups (broad SMARTS) is 3. The molecule has 0 rings (SSSR count). The molecule has 0 aliphatic rings. The lowest BCUT2D eigenvalue weighted by atomic mass is 9.95. The van der Waals surface area contributed by atoms with Crippen LogP contribution in [0.5, 0.6) is 0 Å². The lowest BCUT2D eigenvalue weighted by Crippen LogP contribution is -2.29. The second kappa shape index (κ2) is 24.3. The Morgan fingerprint density at radius 3 is 0.800 bits per heavy atom. The fraction of sp³-hybridized carbons (Fsp3) is 0.476. The van der Waals surface area contributed by atoms with Gasteiger partial charge in [-0.3, -0.25) is 0 Å². The maximum absolute atomic E-state index is 9.60. The van der Waals surface area contributed by atoms with E-state index in [0.717, 1.165) is 0 Å². The molecule has 9 nitrogen and oxygen atoms in total. The first-order chi connectivity index (χ1) is 13.5. The monoisotopic (exact) mass is 434 g/mol. The number of rotatable bonds is 6. The molecule has 0 heterocycles. The minimum absolute atomic E-state index is 0.176. The van der Waals surface area contributed by atoms with Crippen LogP contribution >= 0.6 is 0 Å². The lowest BCUT2D eigenvalue weighted by Gasteiger charge is -2.20. The van der Waals surface area contributed by atoms with Gasteiger partial charge in [-0.2, -0.15) is 0 Å². The van der Waals surface area contributed by atoms with Crippen molar-refractivity contribution in [2.45, 2.75) is 41.5 Å². The SMILES string of the molecule is C=C(C)C(=O)O.C=C(C)C(=O)O.C=C(C)C(=O)O.CC(CO)(CO)CO.CC=CC. The summed E-state index contributed by atoms with van der Waals surface area (Å²) in [6.07, 6.45) is 4.00. The molecule has 6 N–H and O–H groups in total. The largest absolute Gasteiger partial charge is 0.478 e. The first-order valence-electron chi connectivity index (χ1n) is 8.59. The number of aliphatic hydroxyl groups is 3. The third-order valence-electron chi connectivity index (χ3n) is 2.57. The van der Waals surface area contributed by atoms with Crippen molar-refractivity contribution in [1.29, 1.82) is 0 Å². The predicted molar refractivity (Wildman–Crippen MR) is 117 cm³/mol. The zero-order chi connectivity index (χ0) is 25.5. The highest BCUT2D eigenvalue weighted by Crippen LogP contribution is 2.10. The summed E-state index contributed by atoms with van der Waals surface area (Å²) in [4.78, 5) is 28.8. The number of hydrogen-bond donors (Lipinski definition) is 6. The molecule has 0 aliphatic carbocycles. The molecule has 9 heteroatoms. The number of aliphatic hydroxyl groups excluding tert-OH is 3. The quantitative estimate of drug-likeness (QED) is 0.271. The van der Waals surface area contributed by atoms with Crippen LogP contribution in [0.2, 0.25) is 0 Å². The molecule has 0 spiro atoms. The maximum atomic E-state index is 9.60. The Bertz CT molecular complexity index is 452. The van der Waals surface area contributed by atoms with Crippen LogP contribution in [0.4, 0.5) is 0 Å². The minimum atomic E-state index is -0.935. The van der Waals surface area contributed by atoms with E-state index in [1.807, 2.05) is 26.0 Å². The molecular weight excluding hydrogens is 396 g/mol. The predicted octanol–water partition coefficient (Wildman–Crippen LogP) is 2.49. The van der Waals surface area contributed by atoms with Gasteiger partial charge in [0.2, 0.25) is 0 Å². The third kappa shape index (κ3) is 40.1. The summed E-state index contributed by atoms with van der Waals surface area (Å²) in [6.45, 7) is 18.9. The van der Waals surface area contributed by atoms with Gasteiger partial charge in [0.15, 0.2) is 0 Å². The van der Waals surface area contributed by atoms with E-state index in [0.29, 0.717) is 0 Å². The number of carboxylic acids is 3. The van der Waals surface area contributed by atoms with Crippen molar-refractivity contribution in [1.82, 2.24) is 0 Å². The summed E-state index contributed by atoms with van der Waals surface area (Å²) in [6, 6.07) is 0. The Morgan fingerprint density at radius 2 is 0.800 bits per heavy atom. The molecule has 0 atom stereocenters. The van der Waals surface area contributed by atoms with Crippen LogP contribution in [0.1, 0.15) is 41.5 Å². The topological polar surface area (TPSA) is 173 Å². The fourth-order valence-corrected chi connectivity index (χ4v) is 0.150. The third-order valence-corrected chi connectivity index (χ3v) is 2.57. The molecule has 0 bridgehead atoms. The number of allylic oxidation sites excluding steroid dienone is 2. The summed E-state index contributed by atoms with van der Waals surface area (Å²) in [5.41, 5.74) is -0.181. The second-order valence-corrected chi connectivity index (χ2v) is 6.21. The molecule has 0 aromatic rings. The summed E-state index contributed by atoms with van der Waals surface area (Å²) < 4.78 is 0. The average molecular weight is 435 g/mol. The van der Waals surface area contributed by atoms with Crippen molar-refractivity contribution in [2.75, 3.05) is 19.8 Å². The Kier molecular flexibility index (Phi) is 30.7. The molecule has 0 unspecified atom stereocenters. The van der Waals surface area contributed by atoms with E-state index in [2.05, 4.69) is 19.7 Å². The Hall–Kier alpha value is -2.75. The van der Waals surface area contributed by atoms with Crippen molar-refractivity contribution >= 4 is 17.9 Å². The first kappa shape index (κ1) is 37.9. The van der Waals surface area contributed by atoms with E-state index in [1.165, 1.54) is 20.8 Å². The maximum Gasteiger partial charge on any atom is 0.330 e. The summed E-state index contributed by atoms with van der Waals surface area (Å²) in [5, 5.41) is 49.1. The van der Waals surface area contributed by atoms with Crippen molar-refractivity contribution in [3.05, 3.63) is 48.6 Å². The fourth-order valence-electron chi connectivity index (χ4n) is 0.150. The van der Waals surface area contributed by atoms with Gasteiger partial charge in [0.1, 0.15) is 0 Å².